The molecular formula is C22H28ClNO6. The summed E-state index contributed by atoms with van der Waals surface area (Å²) in [6.45, 7) is 12.2. The van der Waals surface area contributed by atoms with Crippen molar-refractivity contribution in [2.45, 2.75) is 52.4 Å². The van der Waals surface area contributed by atoms with Crippen LogP contribution < -0.4 is 23.2 Å². The number of halogens is 1. The topological polar surface area (TPSA) is 115 Å². The highest BCUT2D eigenvalue weighted by Crippen LogP contribution is 2.61. The van der Waals surface area contributed by atoms with E-state index in [9.17, 15) is 0 Å². The normalized spacial score (nSPS) is 22.6. The molecule has 3 heterocycles. The molecule has 0 saturated heterocycles. The summed E-state index contributed by atoms with van der Waals surface area (Å²) in [4.78, 5) is 0. The van der Waals surface area contributed by atoms with Gasteiger partial charge in [0.25, 0.3) is 0 Å². The minimum Gasteiger partial charge on any atom is -0.348 e. The largest absolute Gasteiger partial charge is 0.348 e. The molecule has 2 aliphatic heterocycles. The predicted octanol–water partition coefficient (Wildman–Crippen LogP) is -0.630. The Labute approximate surface area is 179 Å². The van der Waals surface area contributed by atoms with Crippen molar-refractivity contribution in [3.8, 4) is 0 Å². The van der Waals surface area contributed by atoms with E-state index < -0.39 is 16.0 Å². The molecule has 2 aromatic rings. The Morgan fingerprint density at radius 1 is 0.967 bits per heavy atom. The standard InChI is InChI=1S/C22H28NO2.ClHO4/c1-6-24-22(25-7-2)19-16-10-8-9-11-17(16)20(21(22,4)5)23-13-12-15(3)14-18(19)23;2-1(3,4)5/h8-14,19-20H,6-7H2,1-5H3;(H,2,3,4,5)/q+1;/p-1. The van der Waals surface area contributed by atoms with Crippen molar-refractivity contribution in [2.75, 3.05) is 13.2 Å². The van der Waals surface area contributed by atoms with Gasteiger partial charge in [0.1, 0.15) is 5.92 Å². The summed E-state index contributed by atoms with van der Waals surface area (Å²) in [6, 6.07) is 13.5. The van der Waals surface area contributed by atoms with Crippen LogP contribution >= 0.6 is 0 Å². The number of pyridine rings is 1. The molecule has 1 aromatic heterocycles. The van der Waals surface area contributed by atoms with Gasteiger partial charge in [0.15, 0.2) is 23.7 Å². The first-order chi connectivity index (χ1) is 14.0. The van der Waals surface area contributed by atoms with E-state index in [1.807, 2.05) is 0 Å². The molecule has 0 saturated carbocycles. The zero-order valence-electron chi connectivity index (χ0n) is 17.9. The van der Waals surface area contributed by atoms with Crippen LogP contribution in [0.25, 0.3) is 0 Å². The predicted molar refractivity (Wildman–Crippen MR) is 97.6 cm³/mol. The van der Waals surface area contributed by atoms with Crippen LogP contribution in [0.15, 0.2) is 42.6 Å². The number of fused-ring (bicyclic) bond motifs is 1. The Morgan fingerprint density at radius 2 is 1.50 bits per heavy atom. The van der Waals surface area contributed by atoms with Gasteiger partial charge in [0, 0.05) is 30.9 Å². The van der Waals surface area contributed by atoms with Crippen molar-refractivity contribution in [3.05, 3.63) is 65.0 Å². The van der Waals surface area contributed by atoms with Gasteiger partial charge in [-0.1, -0.05) is 24.3 Å². The number of aryl methyl sites for hydroxylation is 1. The molecule has 2 unspecified atom stereocenters. The molecule has 1 aromatic carbocycles. The summed E-state index contributed by atoms with van der Waals surface area (Å²) in [6.07, 6.45) is 2.24. The van der Waals surface area contributed by atoms with Crippen LogP contribution in [0.4, 0.5) is 0 Å². The quantitative estimate of drug-likeness (QED) is 0.464. The van der Waals surface area contributed by atoms with Gasteiger partial charge in [-0.2, -0.15) is 4.57 Å². The Kier molecular flexibility index (Phi) is 6.28. The maximum atomic E-state index is 8.49. The van der Waals surface area contributed by atoms with Crippen LogP contribution in [-0.4, -0.2) is 19.0 Å². The van der Waals surface area contributed by atoms with E-state index in [4.69, 9.17) is 28.1 Å². The first kappa shape index (κ1) is 23.1. The third kappa shape index (κ3) is 3.76. The molecule has 0 fully saturated rings. The molecule has 0 radical (unpaired) electrons. The molecule has 1 aliphatic carbocycles. The fraction of sp³-hybridized carbons (Fsp3) is 0.500. The first-order valence-corrected chi connectivity index (χ1v) is 11.2. The summed E-state index contributed by atoms with van der Waals surface area (Å²) in [5, 5.41) is 0. The molecule has 5 rings (SSSR count). The second-order valence-corrected chi connectivity index (χ2v) is 8.89. The lowest BCUT2D eigenvalue weighted by Crippen LogP contribution is -2.71. The maximum Gasteiger partial charge on any atom is 0.196 e. The van der Waals surface area contributed by atoms with Crippen LogP contribution in [0.5, 0.6) is 0 Å². The van der Waals surface area contributed by atoms with Gasteiger partial charge in [0.05, 0.1) is 5.41 Å². The highest BCUT2D eigenvalue weighted by Gasteiger charge is 2.70. The zero-order chi connectivity index (χ0) is 22.3. The van der Waals surface area contributed by atoms with E-state index in [2.05, 4.69) is 81.8 Å². The van der Waals surface area contributed by atoms with Gasteiger partial charge in [-0.3, -0.25) is 0 Å². The Hall–Kier alpha value is -1.58. The lowest BCUT2D eigenvalue weighted by molar-refractivity contribution is -2.00. The summed E-state index contributed by atoms with van der Waals surface area (Å²) in [5.41, 5.74) is 5.12. The molecule has 0 spiro atoms. The summed E-state index contributed by atoms with van der Waals surface area (Å²) >= 11 is 0. The fourth-order valence-electron chi connectivity index (χ4n) is 5.15. The van der Waals surface area contributed by atoms with Crippen molar-refractivity contribution in [1.82, 2.24) is 0 Å². The van der Waals surface area contributed by atoms with E-state index in [-0.39, 0.29) is 17.4 Å². The van der Waals surface area contributed by atoms with Crippen LogP contribution in [-0.2, 0) is 9.47 Å². The van der Waals surface area contributed by atoms with Crippen LogP contribution in [0.3, 0.4) is 0 Å². The molecule has 164 valence electrons. The highest BCUT2D eigenvalue weighted by molar-refractivity contribution is 5.46. The van der Waals surface area contributed by atoms with Crippen molar-refractivity contribution in [1.29, 1.82) is 0 Å². The average molecular weight is 438 g/mol. The van der Waals surface area contributed by atoms with Crippen LogP contribution in [0.2, 0.25) is 0 Å². The Balaban J connectivity index is 0.000000461. The van der Waals surface area contributed by atoms with E-state index in [0.29, 0.717) is 13.2 Å². The summed E-state index contributed by atoms with van der Waals surface area (Å²) < 4.78 is 49.4. The highest BCUT2D eigenvalue weighted by atomic mass is 35.7. The Morgan fingerprint density at radius 3 is 2.03 bits per heavy atom. The molecule has 2 bridgehead atoms. The monoisotopic (exact) mass is 437 g/mol. The fourth-order valence-corrected chi connectivity index (χ4v) is 5.15. The number of hydrogen-bond acceptors (Lipinski definition) is 6. The molecule has 0 N–H and O–H groups in total. The molecule has 2 atom stereocenters. The number of rotatable bonds is 4. The second kappa shape index (κ2) is 8.16. The van der Waals surface area contributed by atoms with Crippen molar-refractivity contribution in [3.63, 3.8) is 0 Å². The first-order valence-electron chi connectivity index (χ1n) is 9.98. The minimum absolute atomic E-state index is 0.0727. The van der Waals surface area contributed by atoms with Crippen molar-refractivity contribution in [2.24, 2.45) is 5.41 Å². The third-order valence-corrected chi connectivity index (χ3v) is 6.03. The van der Waals surface area contributed by atoms with E-state index in [1.165, 1.54) is 22.4 Å². The lowest BCUT2D eigenvalue weighted by Gasteiger charge is -2.57. The lowest BCUT2D eigenvalue weighted by atomic mass is 9.57. The molecule has 30 heavy (non-hydrogen) atoms. The number of benzene rings is 1. The van der Waals surface area contributed by atoms with Crippen LogP contribution in [0, 0.1) is 22.6 Å². The van der Waals surface area contributed by atoms with E-state index in [0.717, 1.165) is 0 Å². The molecule has 8 heteroatoms. The molecule has 7 nitrogen and oxygen atoms in total. The second-order valence-electron chi connectivity index (χ2n) is 8.13. The number of nitrogens with zero attached hydrogens (tertiary/aromatic N) is 1. The Bertz CT molecular complexity index is 899. The minimum atomic E-state index is -4.94. The van der Waals surface area contributed by atoms with Crippen molar-refractivity contribution < 1.29 is 42.9 Å². The summed E-state index contributed by atoms with van der Waals surface area (Å²) in [5.74, 6) is -0.577. The number of aromatic nitrogens is 1. The smallest absolute Gasteiger partial charge is 0.196 e. The summed E-state index contributed by atoms with van der Waals surface area (Å²) in [7, 11) is -4.94. The van der Waals surface area contributed by atoms with Gasteiger partial charge in [-0.15, -0.1) is 10.2 Å². The number of hydrogen-bond donors (Lipinski definition) is 0. The molecule has 3 aliphatic rings. The van der Waals surface area contributed by atoms with Gasteiger partial charge in [-0.25, -0.2) is 18.6 Å². The van der Waals surface area contributed by atoms with Crippen molar-refractivity contribution >= 4 is 0 Å². The van der Waals surface area contributed by atoms with Gasteiger partial charge < -0.3 is 9.47 Å². The molecule has 0 amide bonds. The number of ether oxygens (including phenoxy) is 2. The van der Waals surface area contributed by atoms with E-state index >= 15 is 0 Å². The zero-order valence-corrected chi connectivity index (χ0v) is 18.6. The third-order valence-electron chi connectivity index (χ3n) is 6.03. The average Bonchev–Trinajstić information content (AvgIpc) is 2.63. The molecular weight excluding hydrogens is 410 g/mol. The van der Waals surface area contributed by atoms with Crippen LogP contribution in [0.1, 0.15) is 62.0 Å². The SMILES string of the molecule is CCOC1(OCC)C2c3ccccc3C([n+]3ccc(C)cc32)C1(C)C.[O-][Cl+3]([O-])([O-])[O-]. The van der Waals surface area contributed by atoms with E-state index in [1.54, 1.807) is 0 Å². The van der Waals surface area contributed by atoms with Gasteiger partial charge in [-0.05, 0) is 45.7 Å². The van der Waals surface area contributed by atoms with Gasteiger partial charge in [0.2, 0.25) is 0 Å². The maximum absolute atomic E-state index is 8.49. The van der Waals surface area contributed by atoms with Gasteiger partial charge >= 0.3 is 0 Å².